The Hall–Kier alpha value is -2.37. The first-order valence-electron chi connectivity index (χ1n) is 7.87. The molecule has 0 saturated carbocycles. The molecule has 1 amide bonds. The highest BCUT2D eigenvalue weighted by atomic mass is 16.5. The summed E-state index contributed by atoms with van der Waals surface area (Å²) >= 11 is 0. The number of nitrogens with one attached hydrogen (secondary N) is 2. The zero-order valence-corrected chi connectivity index (χ0v) is 13.8. The Bertz CT molecular complexity index is 679. The number of para-hydroxylation sites is 1. The summed E-state index contributed by atoms with van der Waals surface area (Å²) in [7, 11) is 0. The Morgan fingerprint density at radius 3 is 2.70 bits per heavy atom. The van der Waals surface area contributed by atoms with Gasteiger partial charge in [-0.2, -0.15) is 5.10 Å². The smallest absolute Gasteiger partial charge is 0.359 e. The standard InChI is InChI=1S/C17H23N3O3/c1-11(2)8-9-12(3)18-15(21)10-23-17(22)16-13-6-4-5-7-14(13)19-20-16/h4-7,11-12H,8-10H2,1-3H3,(H,18,21)(H,19,20)/t12-/m0/s1. The number of aromatic nitrogens is 2. The molecule has 0 unspecified atom stereocenters. The van der Waals surface area contributed by atoms with Crippen LogP contribution in [0.25, 0.3) is 10.9 Å². The van der Waals surface area contributed by atoms with Gasteiger partial charge in [0.25, 0.3) is 5.91 Å². The van der Waals surface area contributed by atoms with Gasteiger partial charge in [0.1, 0.15) is 0 Å². The third-order valence-corrected chi connectivity index (χ3v) is 3.58. The molecule has 124 valence electrons. The van der Waals surface area contributed by atoms with Gasteiger partial charge in [-0.25, -0.2) is 4.79 Å². The van der Waals surface area contributed by atoms with Gasteiger partial charge in [0.2, 0.25) is 0 Å². The van der Waals surface area contributed by atoms with Crippen molar-refractivity contribution in [3.05, 3.63) is 30.0 Å². The minimum atomic E-state index is -0.604. The number of fused-ring (bicyclic) bond motifs is 1. The van der Waals surface area contributed by atoms with Crippen molar-refractivity contribution in [1.82, 2.24) is 15.5 Å². The van der Waals surface area contributed by atoms with E-state index in [1.54, 1.807) is 6.07 Å². The first-order valence-corrected chi connectivity index (χ1v) is 7.87. The minimum Gasteiger partial charge on any atom is -0.451 e. The number of H-pyrrole nitrogens is 1. The first-order chi connectivity index (χ1) is 11.0. The molecular weight excluding hydrogens is 294 g/mol. The molecule has 0 radical (unpaired) electrons. The highest BCUT2D eigenvalue weighted by molar-refractivity contribution is 6.02. The van der Waals surface area contributed by atoms with E-state index < -0.39 is 5.97 Å². The zero-order chi connectivity index (χ0) is 16.8. The molecule has 6 nitrogen and oxygen atoms in total. The van der Waals surface area contributed by atoms with Crippen LogP contribution in [0.3, 0.4) is 0 Å². The van der Waals surface area contributed by atoms with E-state index in [2.05, 4.69) is 29.4 Å². The van der Waals surface area contributed by atoms with Gasteiger partial charge in [0.05, 0.1) is 5.52 Å². The number of carbonyl (C=O) groups excluding carboxylic acids is 2. The highest BCUT2D eigenvalue weighted by Gasteiger charge is 2.17. The normalized spacial score (nSPS) is 12.3. The highest BCUT2D eigenvalue weighted by Crippen LogP contribution is 2.15. The second-order valence-electron chi connectivity index (χ2n) is 6.13. The number of rotatable bonds is 7. The van der Waals surface area contributed by atoms with Crippen LogP contribution < -0.4 is 5.32 Å². The molecule has 1 aromatic carbocycles. The number of benzene rings is 1. The molecule has 1 aromatic heterocycles. The van der Waals surface area contributed by atoms with Crippen LogP contribution in [-0.2, 0) is 9.53 Å². The number of aromatic amines is 1. The number of amides is 1. The SMILES string of the molecule is CC(C)CC[C@H](C)NC(=O)COC(=O)c1n[nH]c2ccccc12. The monoisotopic (exact) mass is 317 g/mol. The van der Waals surface area contributed by atoms with Crippen molar-refractivity contribution in [3.8, 4) is 0 Å². The second-order valence-corrected chi connectivity index (χ2v) is 6.13. The summed E-state index contributed by atoms with van der Waals surface area (Å²) in [6.07, 6.45) is 1.95. The van der Waals surface area contributed by atoms with Crippen LogP contribution in [0.2, 0.25) is 0 Å². The van der Waals surface area contributed by atoms with Crippen molar-refractivity contribution in [2.24, 2.45) is 5.92 Å². The molecule has 6 heteroatoms. The van der Waals surface area contributed by atoms with Gasteiger partial charge in [0.15, 0.2) is 12.3 Å². The van der Waals surface area contributed by atoms with Crippen LogP contribution in [0, 0.1) is 5.92 Å². The predicted molar refractivity (Wildman–Crippen MR) is 88.1 cm³/mol. The second kappa shape index (κ2) is 7.76. The van der Waals surface area contributed by atoms with Crippen molar-refractivity contribution in [3.63, 3.8) is 0 Å². The van der Waals surface area contributed by atoms with Crippen LogP contribution in [0.4, 0.5) is 0 Å². The van der Waals surface area contributed by atoms with Crippen LogP contribution in [0.5, 0.6) is 0 Å². The molecule has 0 aliphatic carbocycles. The third kappa shape index (κ3) is 4.81. The summed E-state index contributed by atoms with van der Waals surface area (Å²) in [6, 6.07) is 7.33. The van der Waals surface area contributed by atoms with E-state index >= 15 is 0 Å². The average molecular weight is 317 g/mol. The summed E-state index contributed by atoms with van der Waals surface area (Å²) in [4.78, 5) is 23.9. The van der Waals surface area contributed by atoms with Gasteiger partial charge < -0.3 is 10.1 Å². The largest absolute Gasteiger partial charge is 0.451 e. The summed E-state index contributed by atoms with van der Waals surface area (Å²) < 4.78 is 5.05. The van der Waals surface area contributed by atoms with Gasteiger partial charge >= 0.3 is 5.97 Å². The van der Waals surface area contributed by atoms with E-state index in [9.17, 15) is 9.59 Å². The number of hydrogen-bond donors (Lipinski definition) is 2. The lowest BCUT2D eigenvalue weighted by Gasteiger charge is -2.14. The molecule has 23 heavy (non-hydrogen) atoms. The summed E-state index contributed by atoms with van der Waals surface area (Å²) in [6.45, 7) is 5.93. The quantitative estimate of drug-likeness (QED) is 0.769. The molecule has 0 aliphatic rings. The minimum absolute atomic E-state index is 0.0646. The number of carbonyl (C=O) groups is 2. The fraction of sp³-hybridized carbons (Fsp3) is 0.471. The maximum absolute atomic E-state index is 12.0. The summed E-state index contributed by atoms with van der Waals surface area (Å²) in [5, 5.41) is 10.2. The average Bonchev–Trinajstić information content (AvgIpc) is 2.94. The van der Waals surface area contributed by atoms with Crippen LogP contribution in [0.1, 0.15) is 44.1 Å². The third-order valence-electron chi connectivity index (χ3n) is 3.58. The lowest BCUT2D eigenvalue weighted by atomic mass is 10.0. The van der Waals surface area contributed by atoms with Gasteiger partial charge in [0, 0.05) is 11.4 Å². The number of hydrogen-bond acceptors (Lipinski definition) is 4. The Morgan fingerprint density at radius 2 is 1.96 bits per heavy atom. The maximum atomic E-state index is 12.0. The fourth-order valence-electron chi connectivity index (χ4n) is 2.29. The van der Waals surface area contributed by atoms with Crippen LogP contribution in [0.15, 0.2) is 24.3 Å². The molecule has 0 spiro atoms. The van der Waals surface area contributed by atoms with Gasteiger partial charge in [-0.1, -0.05) is 32.0 Å². The van der Waals surface area contributed by atoms with E-state index in [0.717, 1.165) is 18.4 Å². The molecule has 0 bridgehead atoms. The lowest BCUT2D eigenvalue weighted by molar-refractivity contribution is -0.124. The number of ether oxygens (including phenoxy) is 1. The molecular formula is C17H23N3O3. The van der Waals surface area contributed by atoms with Gasteiger partial charge in [-0.05, 0) is 31.7 Å². The topological polar surface area (TPSA) is 84.1 Å². The van der Waals surface area contributed by atoms with Gasteiger partial charge in [-0.3, -0.25) is 9.89 Å². The van der Waals surface area contributed by atoms with E-state index in [1.807, 2.05) is 25.1 Å². The van der Waals surface area contributed by atoms with Crippen molar-refractivity contribution in [2.45, 2.75) is 39.7 Å². The maximum Gasteiger partial charge on any atom is 0.359 e. The Kier molecular flexibility index (Phi) is 5.73. The molecule has 1 atom stereocenters. The summed E-state index contributed by atoms with van der Waals surface area (Å²) in [5.41, 5.74) is 0.951. The Balaban J connectivity index is 1.83. The lowest BCUT2D eigenvalue weighted by Crippen LogP contribution is -2.36. The Morgan fingerprint density at radius 1 is 1.22 bits per heavy atom. The zero-order valence-electron chi connectivity index (χ0n) is 13.8. The molecule has 2 N–H and O–H groups in total. The van der Waals surface area contributed by atoms with Crippen molar-refractivity contribution in [1.29, 1.82) is 0 Å². The molecule has 0 fully saturated rings. The summed E-state index contributed by atoms with van der Waals surface area (Å²) in [5.74, 6) is -0.304. The molecule has 0 saturated heterocycles. The number of nitrogens with zero attached hydrogens (tertiary/aromatic N) is 1. The molecule has 2 aromatic rings. The van der Waals surface area contributed by atoms with Crippen LogP contribution >= 0.6 is 0 Å². The van der Waals surface area contributed by atoms with Crippen molar-refractivity contribution in [2.75, 3.05) is 6.61 Å². The predicted octanol–water partition coefficient (Wildman–Crippen LogP) is 2.66. The number of esters is 1. The molecule has 2 rings (SSSR count). The fourth-order valence-corrected chi connectivity index (χ4v) is 2.29. The molecule has 1 heterocycles. The van der Waals surface area contributed by atoms with Crippen molar-refractivity contribution < 1.29 is 14.3 Å². The van der Waals surface area contributed by atoms with Gasteiger partial charge in [-0.15, -0.1) is 0 Å². The van der Waals surface area contributed by atoms with Crippen molar-refractivity contribution >= 4 is 22.8 Å². The van der Waals surface area contributed by atoms with E-state index in [0.29, 0.717) is 11.3 Å². The Labute approximate surface area is 135 Å². The van der Waals surface area contributed by atoms with E-state index in [-0.39, 0.29) is 24.2 Å². The van der Waals surface area contributed by atoms with E-state index in [1.165, 1.54) is 0 Å². The van der Waals surface area contributed by atoms with Crippen LogP contribution in [-0.4, -0.2) is 34.7 Å². The molecule has 0 aliphatic heterocycles. The first kappa shape index (κ1) is 17.0. The van der Waals surface area contributed by atoms with E-state index in [4.69, 9.17) is 4.74 Å².